The van der Waals surface area contributed by atoms with E-state index >= 15 is 0 Å². The van der Waals surface area contributed by atoms with Crippen LogP contribution in [0, 0.1) is 12.7 Å². The number of alkyl halides is 9. The molecule has 1 amide bonds. The molecule has 40 heavy (non-hydrogen) atoms. The van der Waals surface area contributed by atoms with Gasteiger partial charge in [-0.3, -0.25) is 9.69 Å². The number of carbonyl (C=O) groups excluding carboxylic acids is 1. The van der Waals surface area contributed by atoms with E-state index in [1.54, 1.807) is 0 Å². The summed E-state index contributed by atoms with van der Waals surface area (Å²) in [4.78, 5) is 18.3. The van der Waals surface area contributed by atoms with Crippen molar-refractivity contribution >= 4 is 23.2 Å². The minimum Gasteiger partial charge on any atom is -0.374 e. The number of amides is 1. The largest absolute Gasteiger partial charge is 0.435 e. The van der Waals surface area contributed by atoms with Gasteiger partial charge in [0, 0.05) is 24.2 Å². The molecule has 2 aliphatic rings. The number of nitrogens with zero attached hydrogens (tertiary/aromatic N) is 2. The molecule has 0 aliphatic carbocycles. The molecule has 2 aromatic rings. The summed E-state index contributed by atoms with van der Waals surface area (Å²) in [5.74, 6) is -2.38. The molecule has 1 N–H and O–H groups in total. The number of benzene rings is 2. The van der Waals surface area contributed by atoms with Gasteiger partial charge in [0.05, 0.1) is 35.3 Å². The van der Waals surface area contributed by atoms with Gasteiger partial charge < -0.3 is 10.2 Å². The number of carbonyl (C=O) groups is 1. The van der Waals surface area contributed by atoms with Crippen LogP contribution in [0.5, 0.6) is 0 Å². The topological polar surface area (TPSA) is 53.9 Å². The molecule has 5 nitrogen and oxygen atoms in total. The number of rotatable bonds is 5. The van der Waals surface area contributed by atoms with E-state index in [4.69, 9.17) is 11.6 Å². The quantitative estimate of drug-likeness (QED) is 0.404. The number of aryl methyl sites for hydroxylation is 1. The Balaban J connectivity index is 1.55. The molecule has 0 radical (unpaired) electrons. The van der Waals surface area contributed by atoms with Gasteiger partial charge in [0.2, 0.25) is 0 Å². The van der Waals surface area contributed by atoms with E-state index in [1.165, 1.54) is 25.1 Å². The van der Waals surface area contributed by atoms with E-state index in [-0.39, 0.29) is 47.6 Å². The van der Waals surface area contributed by atoms with Crippen molar-refractivity contribution in [1.29, 1.82) is 0 Å². The highest BCUT2D eigenvalue weighted by molar-refractivity contribution is 6.30. The molecule has 1 atom stereocenters. The molecule has 0 aromatic heterocycles. The summed E-state index contributed by atoms with van der Waals surface area (Å²) < 4.78 is 135. The minimum absolute atomic E-state index is 0.0126. The molecule has 0 unspecified atom stereocenters. The van der Waals surface area contributed by atoms with Crippen molar-refractivity contribution in [3.05, 3.63) is 69.0 Å². The predicted molar refractivity (Wildman–Crippen MR) is 121 cm³/mol. The molecule has 0 saturated carbocycles. The van der Waals surface area contributed by atoms with E-state index in [2.05, 4.69) is 15.3 Å². The molecule has 4 rings (SSSR count). The summed E-state index contributed by atoms with van der Waals surface area (Å²) in [7, 11) is 0. The highest BCUT2D eigenvalue weighted by atomic mass is 35.5. The maximum Gasteiger partial charge on any atom is 0.435 e. The van der Waals surface area contributed by atoms with Crippen molar-refractivity contribution in [2.24, 2.45) is 5.16 Å². The van der Waals surface area contributed by atoms with Crippen LogP contribution in [0.25, 0.3) is 0 Å². The van der Waals surface area contributed by atoms with Crippen LogP contribution in [0.1, 0.15) is 39.0 Å². The number of nitrogens with one attached hydrogen (secondary N) is 1. The predicted octanol–water partition coefficient (Wildman–Crippen LogP) is 6.36. The highest BCUT2D eigenvalue weighted by Crippen LogP contribution is 2.51. The number of hydrogen-bond donors (Lipinski definition) is 1. The minimum atomic E-state index is -5.43. The van der Waals surface area contributed by atoms with E-state index in [1.807, 2.05) is 0 Å². The summed E-state index contributed by atoms with van der Waals surface area (Å²) >= 11 is 5.50. The van der Waals surface area contributed by atoms with Gasteiger partial charge in [-0.25, -0.2) is 4.39 Å². The van der Waals surface area contributed by atoms with Crippen molar-refractivity contribution < 1.29 is 53.5 Å². The van der Waals surface area contributed by atoms with Crippen LogP contribution in [0.4, 0.5) is 43.9 Å². The zero-order valence-electron chi connectivity index (χ0n) is 20.2. The second-order valence-electron chi connectivity index (χ2n) is 9.46. The third kappa shape index (κ3) is 5.85. The molecule has 2 heterocycles. The average Bonchev–Trinajstić information content (AvgIpc) is 3.24. The lowest BCUT2D eigenvalue weighted by Crippen LogP contribution is -2.61. The van der Waals surface area contributed by atoms with Crippen molar-refractivity contribution in [3.63, 3.8) is 0 Å². The van der Waals surface area contributed by atoms with E-state index in [0.29, 0.717) is 0 Å². The van der Waals surface area contributed by atoms with Crippen molar-refractivity contribution in [3.8, 4) is 0 Å². The summed E-state index contributed by atoms with van der Waals surface area (Å²) in [6, 6.07) is 3.32. The first-order valence-electron chi connectivity index (χ1n) is 11.4. The molecule has 2 aliphatic heterocycles. The molecule has 1 fully saturated rings. The van der Waals surface area contributed by atoms with Crippen LogP contribution in [0.2, 0.25) is 5.02 Å². The van der Waals surface area contributed by atoms with Crippen LogP contribution >= 0.6 is 11.6 Å². The number of hydrogen-bond acceptors (Lipinski definition) is 4. The van der Waals surface area contributed by atoms with Gasteiger partial charge in [0.15, 0.2) is 0 Å². The van der Waals surface area contributed by atoms with E-state index < -0.39 is 71.0 Å². The molecule has 218 valence electrons. The Morgan fingerprint density at radius 2 is 1.75 bits per heavy atom. The van der Waals surface area contributed by atoms with Crippen LogP contribution in [0.3, 0.4) is 0 Å². The van der Waals surface area contributed by atoms with Crippen LogP contribution in [-0.2, 0) is 16.6 Å². The van der Waals surface area contributed by atoms with Gasteiger partial charge in [-0.2, -0.15) is 39.5 Å². The molecular weight excluding hydrogens is 588 g/mol. The third-order valence-electron chi connectivity index (χ3n) is 6.48. The molecule has 0 spiro atoms. The van der Waals surface area contributed by atoms with Crippen molar-refractivity contribution in [2.75, 3.05) is 19.6 Å². The summed E-state index contributed by atoms with van der Waals surface area (Å²) in [6.07, 6.45) is -16.1. The Bertz CT molecular complexity index is 1350. The lowest BCUT2D eigenvalue weighted by molar-refractivity contribution is -0.276. The van der Waals surface area contributed by atoms with E-state index in [0.717, 1.165) is 4.90 Å². The molecular formula is C24H18ClF10N3O2. The van der Waals surface area contributed by atoms with Gasteiger partial charge in [-0.1, -0.05) is 22.8 Å². The first kappa shape index (κ1) is 29.9. The number of oxime groups is 1. The van der Waals surface area contributed by atoms with E-state index in [9.17, 15) is 48.7 Å². The van der Waals surface area contributed by atoms with Gasteiger partial charge in [-0.05, 0) is 42.3 Å². The Hall–Kier alpha value is -3.07. The zero-order valence-corrected chi connectivity index (χ0v) is 20.9. The van der Waals surface area contributed by atoms with Crippen molar-refractivity contribution in [2.45, 2.75) is 43.5 Å². The number of likely N-dealkylation sites (tertiary alicyclic amines) is 1. The summed E-state index contributed by atoms with van der Waals surface area (Å²) in [6.45, 7) is 0.278. The van der Waals surface area contributed by atoms with Crippen LogP contribution in [0.15, 0.2) is 35.5 Å². The fraction of sp³-hybridized carbons (Fsp3) is 0.417. The normalized spacial score (nSPS) is 20.6. The second kappa shape index (κ2) is 10.1. The van der Waals surface area contributed by atoms with Gasteiger partial charge in [0.25, 0.3) is 11.5 Å². The van der Waals surface area contributed by atoms with Gasteiger partial charge in [0.1, 0.15) is 5.82 Å². The lowest BCUT2D eigenvalue weighted by Gasteiger charge is -2.39. The highest BCUT2D eigenvalue weighted by Gasteiger charge is 2.64. The third-order valence-corrected chi connectivity index (χ3v) is 6.75. The Morgan fingerprint density at radius 3 is 2.30 bits per heavy atom. The summed E-state index contributed by atoms with van der Waals surface area (Å²) in [5, 5.41) is 4.77. The fourth-order valence-corrected chi connectivity index (χ4v) is 4.71. The monoisotopic (exact) mass is 605 g/mol. The van der Waals surface area contributed by atoms with Crippen molar-refractivity contribution in [1.82, 2.24) is 10.2 Å². The Morgan fingerprint density at radius 1 is 1.10 bits per heavy atom. The average molecular weight is 606 g/mol. The smallest absolute Gasteiger partial charge is 0.374 e. The molecule has 16 heteroatoms. The maximum absolute atomic E-state index is 14.7. The Kier molecular flexibility index (Phi) is 7.54. The Labute approximate surface area is 224 Å². The van der Waals surface area contributed by atoms with Gasteiger partial charge >= 0.3 is 18.5 Å². The first-order valence-corrected chi connectivity index (χ1v) is 11.8. The first-order chi connectivity index (χ1) is 18.3. The van der Waals surface area contributed by atoms with Crippen LogP contribution in [-0.4, -0.2) is 54.5 Å². The van der Waals surface area contributed by atoms with Crippen LogP contribution < -0.4 is 5.32 Å². The standard InChI is InChI=1S/C24H18ClF10N3O2/c1-11-4-12(2-3-15(11)20(39)36-14-8-38(9-14)10-22(27,28)29)18-7-21(40-37-18,24(33,34)35)16-5-13(23(30,31)32)6-17(25)19(16)26/h2-6,14H,7-10H2,1H3,(H,36,39)/t21-/m1/s1. The summed E-state index contributed by atoms with van der Waals surface area (Å²) in [5.41, 5.74) is -6.77. The van der Waals surface area contributed by atoms with Gasteiger partial charge in [-0.15, -0.1) is 0 Å². The zero-order chi connectivity index (χ0) is 29.8. The molecule has 2 aromatic carbocycles. The fourth-order valence-electron chi connectivity index (χ4n) is 4.49. The maximum atomic E-state index is 14.7. The lowest BCUT2D eigenvalue weighted by atomic mass is 9.85. The molecule has 0 bridgehead atoms. The SMILES string of the molecule is Cc1cc(C2=NO[C@](c3cc(C(F)(F)F)cc(Cl)c3F)(C(F)(F)F)C2)ccc1C(=O)NC1CN(CC(F)(F)F)C1. The molecule has 1 saturated heterocycles. The number of halogens is 11. The second-order valence-corrected chi connectivity index (χ2v) is 9.86.